The maximum absolute atomic E-state index is 12.6. The average Bonchev–Trinajstić information content (AvgIpc) is 3.35. The minimum Gasteiger partial charge on any atom is -0.493 e. The molecule has 1 aliphatic carbocycles. The minimum atomic E-state index is -0.784. The van der Waals surface area contributed by atoms with E-state index in [9.17, 15) is 24.5 Å². The van der Waals surface area contributed by atoms with Gasteiger partial charge in [0.1, 0.15) is 0 Å². The van der Waals surface area contributed by atoms with Crippen LogP contribution in [-0.2, 0) is 9.47 Å². The molecule has 12 heteroatoms. The summed E-state index contributed by atoms with van der Waals surface area (Å²) < 4.78 is 10.9. The number of nitrogens with zero attached hydrogens (tertiary/aromatic N) is 1. The normalized spacial score (nSPS) is 15.5. The fraction of sp³-hybridized carbons (Fsp3) is 0.261. The van der Waals surface area contributed by atoms with E-state index in [4.69, 9.17) is 9.47 Å². The van der Waals surface area contributed by atoms with Crippen LogP contribution in [0.15, 0.2) is 57.5 Å². The molecule has 4 N–H and O–H groups in total. The van der Waals surface area contributed by atoms with E-state index in [2.05, 4.69) is 20.4 Å². The van der Waals surface area contributed by atoms with E-state index >= 15 is 0 Å². The largest absolute Gasteiger partial charge is 0.493 e. The van der Waals surface area contributed by atoms with Gasteiger partial charge in [0.25, 0.3) is 16.8 Å². The third kappa shape index (κ3) is 4.45. The van der Waals surface area contributed by atoms with Crippen LogP contribution in [0.5, 0.6) is 0 Å². The number of aryl methyl sites for hydroxylation is 2. The van der Waals surface area contributed by atoms with Crippen LogP contribution in [0.2, 0.25) is 0 Å². The smallest absolute Gasteiger partial charge is 0.343 e. The SMILES string of the molecule is COC1=C[C@@H](C(c2c(C)[nH][nH]c2=O)c2c(C)[nH][nH]c2=O)CC=C1OC(=O)c1cccc([N+](=O)[O-])c1. The van der Waals surface area contributed by atoms with Crippen LogP contribution in [0.4, 0.5) is 5.69 Å². The Balaban J connectivity index is 1.67. The Morgan fingerprint density at radius 1 is 1.06 bits per heavy atom. The van der Waals surface area contributed by atoms with Crippen molar-refractivity contribution in [3.63, 3.8) is 0 Å². The number of aromatic nitrogens is 4. The Hall–Kier alpha value is -4.61. The number of nitro groups is 1. The molecule has 12 nitrogen and oxygen atoms in total. The van der Waals surface area contributed by atoms with Gasteiger partial charge < -0.3 is 19.7 Å². The summed E-state index contributed by atoms with van der Waals surface area (Å²) in [6.45, 7) is 3.48. The number of H-pyrrole nitrogens is 4. The van der Waals surface area contributed by atoms with Crippen LogP contribution in [0.25, 0.3) is 0 Å². The van der Waals surface area contributed by atoms with Crippen molar-refractivity contribution in [2.24, 2.45) is 5.92 Å². The molecule has 0 spiro atoms. The second kappa shape index (κ2) is 9.33. The number of methoxy groups -OCH3 is 1. The highest BCUT2D eigenvalue weighted by Gasteiger charge is 2.34. The van der Waals surface area contributed by atoms with Gasteiger partial charge in [0.2, 0.25) is 0 Å². The first-order chi connectivity index (χ1) is 16.7. The summed E-state index contributed by atoms with van der Waals surface area (Å²) >= 11 is 0. The number of ether oxygens (including phenoxy) is 2. The van der Waals surface area contributed by atoms with Gasteiger partial charge in [-0.3, -0.25) is 29.9 Å². The van der Waals surface area contributed by atoms with Gasteiger partial charge in [-0.25, -0.2) is 4.79 Å². The number of nitro benzene ring substituents is 1. The second-order valence-electron chi connectivity index (χ2n) is 8.11. The molecular weight excluding hydrogens is 458 g/mol. The molecule has 0 unspecified atom stereocenters. The van der Waals surface area contributed by atoms with Gasteiger partial charge in [-0.05, 0) is 44.4 Å². The lowest BCUT2D eigenvalue weighted by molar-refractivity contribution is -0.384. The third-order valence-electron chi connectivity index (χ3n) is 5.97. The zero-order valence-electron chi connectivity index (χ0n) is 19.1. The van der Waals surface area contributed by atoms with Crippen LogP contribution < -0.4 is 11.1 Å². The number of hydrogen-bond donors (Lipinski definition) is 4. The van der Waals surface area contributed by atoms with Gasteiger partial charge in [-0.2, -0.15) is 0 Å². The van der Waals surface area contributed by atoms with E-state index < -0.39 is 16.8 Å². The summed E-state index contributed by atoms with van der Waals surface area (Å²) in [5.74, 6) is -1.40. The van der Waals surface area contributed by atoms with E-state index in [0.717, 1.165) is 6.07 Å². The highest BCUT2D eigenvalue weighted by Crippen LogP contribution is 2.38. The summed E-state index contributed by atoms with van der Waals surface area (Å²) in [5.41, 5.74) is 1.12. The van der Waals surface area contributed by atoms with E-state index in [1.54, 1.807) is 26.0 Å². The molecule has 0 bridgehead atoms. The summed E-state index contributed by atoms with van der Waals surface area (Å²) in [6.07, 6.45) is 3.67. The van der Waals surface area contributed by atoms with E-state index in [0.29, 0.717) is 28.9 Å². The van der Waals surface area contributed by atoms with Gasteiger partial charge in [0, 0.05) is 40.6 Å². The molecule has 0 saturated carbocycles. The molecule has 2 aromatic heterocycles. The number of rotatable bonds is 7. The maximum atomic E-state index is 12.6. The average molecular weight is 481 g/mol. The monoisotopic (exact) mass is 481 g/mol. The number of carbonyl (C=O) groups excluding carboxylic acids is 1. The van der Waals surface area contributed by atoms with Gasteiger partial charge in [-0.15, -0.1) is 0 Å². The molecule has 0 fully saturated rings. The molecule has 182 valence electrons. The van der Waals surface area contributed by atoms with Crippen LogP contribution >= 0.6 is 0 Å². The van der Waals surface area contributed by atoms with Crippen molar-refractivity contribution in [3.05, 3.63) is 107 Å². The van der Waals surface area contributed by atoms with Gasteiger partial charge in [0.15, 0.2) is 11.5 Å². The highest BCUT2D eigenvalue weighted by molar-refractivity contribution is 5.91. The number of hydrogen-bond acceptors (Lipinski definition) is 7. The molecule has 35 heavy (non-hydrogen) atoms. The number of benzene rings is 1. The lowest BCUT2D eigenvalue weighted by Crippen LogP contribution is -2.26. The van der Waals surface area contributed by atoms with Crippen LogP contribution in [-0.4, -0.2) is 38.4 Å². The molecule has 4 rings (SSSR count). The van der Waals surface area contributed by atoms with E-state index in [1.807, 2.05) is 0 Å². The first-order valence-corrected chi connectivity index (χ1v) is 10.7. The molecule has 1 aliphatic rings. The van der Waals surface area contributed by atoms with E-state index in [-0.39, 0.29) is 39.8 Å². The predicted molar refractivity (Wildman–Crippen MR) is 124 cm³/mol. The molecule has 0 saturated heterocycles. The molecule has 0 aliphatic heterocycles. The third-order valence-corrected chi connectivity index (χ3v) is 5.97. The Kier molecular flexibility index (Phi) is 6.28. The standard InChI is InChI=1S/C23H23N5O7/c1-11-18(21(29)26-24-11)20(19-12(2)25-27-22(19)30)13-7-8-16(17(10-13)34-3)35-23(31)14-5-4-6-15(9-14)28(32)33/h4-6,8-10,13,20H,7H2,1-3H3,(H2,24,26,29)(H2,25,27,30)/t13-/m0/s1. The fourth-order valence-electron chi connectivity index (χ4n) is 4.32. The predicted octanol–water partition coefficient (Wildman–Crippen LogP) is 2.67. The lowest BCUT2D eigenvalue weighted by atomic mass is 9.77. The maximum Gasteiger partial charge on any atom is 0.343 e. The van der Waals surface area contributed by atoms with Crippen molar-refractivity contribution in [2.75, 3.05) is 7.11 Å². The van der Waals surface area contributed by atoms with Crippen LogP contribution in [0.1, 0.15) is 45.2 Å². The quantitative estimate of drug-likeness (QED) is 0.228. The van der Waals surface area contributed by atoms with Gasteiger partial charge in [-0.1, -0.05) is 6.07 Å². The van der Waals surface area contributed by atoms with Crippen molar-refractivity contribution in [1.82, 2.24) is 20.4 Å². The van der Waals surface area contributed by atoms with E-state index in [1.165, 1.54) is 25.3 Å². The number of non-ortho nitro benzene ring substituents is 1. The highest BCUT2D eigenvalue weighted by atomic mass is 16.6. The minimum absolute atomic E-state index is 0.0134. The van der Waals surface area contributed by atoms with Gasteiger partial charge in [0.05, 0.1) is 17.6 Å². The molecular formula is C23H23N5O7. The first kappa shape index (κ1) is 23.5. The summed E-state index contributed by atoms with van der Waals surface area (Å²) in [6, 6.07) is 5.21. The second-order valence-corrected chi connectivity index (χ2v) is 8.11. The zero-order valence-corrected chi connectivity index (χ0v) is 19.1. The molecule has 3 aromatic rings. The summed E-state index contributed by atoms with van der Waals surface area (Å²) in [7, 11) is 1.40. The van der Waals surface area contributed by atoms with Crippen LogP contribution in [0.3, 0.4) is 0 Å². The van der Waals surface area contributed by atoms with Crippen molar-refractivity contribution in [2.45, 2.75) is 26.2 Å². The van der Waals surface area contributed by atoms with Crippen molar-refractivity contribution >= 4 is 11.7 Å². The Bertz CT molecular complexity index is 1420. The topological polar surface area (TPSA) is 176 Å². The first-order valence-electron chi connectivity index (χ1n) is 10.7. The van der Waals surface area contributed by atoms with Gasteiger partial charge >= 0.3 is 5.97 Å². The molecule has 0 radical (unpaired) electrons. The Morgan fingerprint density at radius 3 is 2.20 bits per heavy atom. The number of nitrogens with one attached hydrogen (secondary N) is 4. The number of allylic oxidation sites excluding steroid dienone is 2. The number of esters is 1. The molecule has 0 amide bonds. The summed E-state index contributed by atoms with van der Waals surface area (Å²) in [5, 5.41) is 21.7. The van der Waals surface area contributed by atoms with Crippen LogP contribution in [0, 0.1) is 29.9 Å². The fourth-order valence-corrected chi connectivity index (χ4v) is 4.32. The van der Waals surface area contributed by atoms with Crippen molar-refractivity contribution < 1.29 is 19.2 Å². The van der Waals surface area contributed by atoms with Crippen molar-refractivity contribution in [1.29, 1.82) is 0 Å². The Labute approximate surface area is 197 Å². The number of aromatic amines is 4. The molecule has 2 heterocycles. The lowest BCUT2D eigenvalue weighted by Gasteiger charge is -2.27. The summed E-state index contributed by atoms with van der Waals surface area (Å²) in [4.78, 5) is 48.3. The molecule has 1 atom stereocenters. The zero-order chi connectivity index (χ0) is 25.3. The molecule has 1 aromatic carbocycles. The van der Waals surface area contributed by atoms with Crippen molar-refractivity contribution in [3.8, 4) is 0 Å². The number of carbonyl (C=O) groups is 1. The Morgan fingerprint density at radius 2 is 1.69 bits per heavy atom.